The minimum Gasteiger partial charge on any atom is -0.476 e. The molecule has 1 unspecified atom stereocenters. The van der Waals surface area contributed by atoms with Crippen LogP contribution in [-0.4, -0.2) is 53.2 Å². The van der Waals surface area contributed by atoms with Gasteiger partial charge < -0.3 is 15.0 Å². The lowest BCUT2D eigenvalue weighted by Gasteiger charge is -2.34. The first-order chi connectivity index (χ1) is 12.7. The summed E-state index contributed by atoms with van der Waals surface area (Å²) in [6, 6.07) is 3.93. The van der Waals surface area contributed by atoms with Crippen molar-refractivity contribution in [2.45, 2.75) is 44.4 Å². The van der Waals surface area contributed by atoms with Gasteiger partial charge in [0.15, 0.2) is 0 Å². The van der Waals surface area contributed by atoms with Crippen LogP contribution in [0.5, 0.6) is 5.88 Å². The van der Waals surface area contributed by atoms with Crippen LogP contribution in [-0.2, 0) is 9.59 Å². The monoisotopic (exact) mass is 358 g/mol. The number of carbonyl (C=O) groups is 2. The van der Waals surface area contributed by atoms with Gasteiger partial charge in [-0.3, -0.25) is 9.59 Å². The molecule has 1 saturated carbocycles. The molecule has 2 aliphatic heterocycles. The van der Waals surface area contributed by atoms with Crippen LogP contribution < -0.4 is 10.1 Å². The number of hydrogen-bond donors (Lipinski definition) is 1. The summed E-state index contributed by atoms with van der Waals surface area (Å²) in [4.78, 5) is 26.0. The lowest BCUT2D eigenvalue weighted by atomic mass is 9.93. The average molecular weight is 358 g/mol. The van der Waals surface area contributed by atoms with Crippen molar-refractivity contribution < 1.29 is 14.3 Å². The fourth-order valence-electron chi connectivity index (χ4n) is 3.78. The van der Waals surface area contributed by atoms with Crippen LogP contribution in [0.2, 0.25) is 0 Å². The summed E-state index contributed by atoms with van der Waals surface area (Å²) in [5.41, 5.74) is 1.07. The van der Waals surface area contributed by atoms with Gasteiger partial charge in [0.25, 0.3) is 0 Å². The third-order valence-corrected chi connectivity index (χ3v) is 5.65. The van der Waals surface area contributed by atoms with E-state index < -0.39 is 0 Å². The highest BCUT2D eigenvalue weighted by Crippen LogP contribution is 2.38. The number of hydrogen-bond acceptors (Lipinski definition) is 5. The summed E-state index contributed by atoms with van der Waals surface area (Å²) in [5.74, 6) is 1.61. The van der Waals surface area contributed by atoms with E-state index in [0.717, 1.165) is 38.0 Å². The second kappa shape index (κ2) is 7.60. The number of ether oxygens (including phenoxy) is 1. The first-order valence-electron chi connectivity index (χ1n) is 9.71. The van der Waals surface area contributed by atoms with Crippen LogP contribution in [0, 0.1) is 11.8 Å². The van der Waals surface area contributed by atoms with Crippen molar-refractivity contribution in [2.24, 2.45) is 11.8 Å². The largest absolute Gasteiger partial charge is 0.476 e. The summed E-state index contributed by atoms with van der Waals surface area (Å²) in [7, 11) is 0. The van der Waals surface area contributed by atoms with Gasteiger partial charge in [-0.2, -0.15) is 5.10 Å². The van der Waals surface area contributed by atoms with Gasteiger partial charge in [0.1, 0.15) is 0 Å². The van der Waals surface area contributed by atoms with Crippen molar-refractivity contribution in [3.8, 4) is 5.88 Å². The van der Waals surface area contributed by atoms with Crippen molar-refractivity contribution in [3.05, 3.63) is 17.8 Å². The van der Waals surface area contributed by atoms with E-state index in [-0.39, 0.29) is 17.7 Å². The molecular formula is C19H26N4O3. The quantitative estimate of drug-likeness (QED) is 0.862. The second-order valence-corrected chi connectivity index (χ2v) is 7.69. The molecule has 7 heteroatoms. The zero-order valence-electron chi connectivity index (χ0n) is 15.0. The minimum absolute atomic E-state index is 0.00769. The smallest absolute Gasteiger partial charge is 0.233 e. The third kappa shape index (κ3) is 4.14. The van der Waals surface area contributed by atoms with E-state index >= 15 is 0 Å². The molecule has 3 fully saturated rings. The molecule has 7 nitrogen and oxygen atoms in total. The van der Waals surface area contributed by atoms with Gasteiger partial charge in [0.05, 0.1) is 12.3 Å². The Morgan fingerprint density at radius 2 is 1.96 bits per heavy atom. The number of nitrogens with zero attached hydrogens (tertiary/aromatic N) is 3. The Bertz CT molecular complexity index is 651. The van der Waals surface area contributed by atoms with E-state index in [2.05, 4.69) is 15.5 Å². The molecule has 0 aromatic carbocycles. The molecule has 4 rings (SSSR count). The van der Waals surface area contributed by atoms with E-state index in [1.165, 1.54) is 12.8 Å². The van der Waals surface area contributed by atoms with Crippen molar-refractivity contribution >= 4 is 11.8 Å². The maximum absolute atomic E-state index is 12.6. The van der Waals surface area contributed by atoms with Crippen molar-refractivity contribution in [1.29, 1.82) is 0 Å². The van der Waals surface area contributed by atoms with Crippen LogP contribution >= 0.6 is 0 Å². The molecular weight excluding hydrogens is 332 g/mol. The second-order valence-electron chi connectivity index (χ2n) is 7.69. The van der Waals surface area contributed by atoms with Crippen LogP contribution in [0.15, 0.2) is 12.1 Å². The first kappa shape index (κ1) is 17.2. The Morgan fingerprint density at radius 3 is 2.62 bits per heavy atom. The maximum Gasteiger partial charge on any atom is 0.233 e. The van der Waals surface area contributed by atoms with Gasteiger partial charge in [-0.15, -0.1) is 5.10 Å². The molecule has 0 bridgehead atoms. The van der Waals surface area contributed by atoms with Gasteiger partial charge in [-0.25, -0.2) is 0 Å². The summed E-state index contributed by atoms with van der Waals surface area (Å²) in [5, 5.41) is 11.2. The number of nitrogens with one attached hydrogen (secondary N) is 1. The molecule has 140 valence electrons. The fraction of sp³-hybridized carbons (Fsp3) is 0.684. The number of carbonyl (C=O) groups excluding carboxylic acids is 2. The Labute approximate surface area is 153 Å². The number of aromatic nitrogens is 2. The van der Waals surface area contributed by atoms with Gasteiger partial charge in [0, 0.05) is 44.0 Å². The summed E-state index contributed by atoms with van der Waals surface area (Å²) < 4.78 is 5.80. The first-order valence-corrected chi connectivity index (χ1v) is 9.71. The summed E-state index contributed by atoms with van der Waals surface area (Å²) in [6.07, 6.45) is 5.38. The molecule has 1 N–H and O–H groups in total. The Morgan fingerprint density at radius 1 is 1.15 bits per heavy atom. The average Bonchev–Trinajstić information content (AvgIpc) is 3.52. The van der Waals surface area contributed by atoms with Crippen LogP contribution in [0.3, 0.4) is 0 Å². The van der Waals surface area contributed by atoms with Crippen LogP contribution in [0.4, 0.5) is 0 Å². The van der Waals surface area contributed by atoms with Gasteiger partial charge in [0.2, 0.25) is 17.7 Å². The molecule has 2 saturated heterocycles. The zero-order chi connectivity index (χ0) is 17.9. The summed E-state index contributed by atoms with van der Waals surface area (Å²) >= 11 is 0. The topological polar surface area (TPSA) is 84.4 Å². The Kier molecular flexibility index (Phi) is 5.04. The number of amides is 2. The molecule has 26 heavy (non-hydrogen) atoms. The maximum atomic E-state index is 12.6. The highest BCUT2D eigenvalue weighted by molar-refractivity contribution is 5.86. The minimum atomic E-state index is -0.142. The molecule has 1 aliphatic carbocycles. The molecule has 0 radical (unpaired) electrons. The Balaban J connectivity index is 1.20. The fourth-order valence-corrected chi connectivity index (χ4v) is 3.78. The number of rotatable bonds is 5. The third-order valence-electron chi connectivity index (χ3n) is 5.65. The van der Waals surface area contributed by atoms with E-state index in [1.54, 1.807) is 0 Å². The van der Waals surface area contributed by atoms with Crippen molar-refractivity contribution in [2.75, 3.05) is 26.2 Å². The molecule has 3 heterocycles. The molecule has 0 spiro atoms. The normalized spacial score (nSPS) is 24.2. The highest BCUT2D eigenvalue weighted by atomic mass is 16.5. The highest BCUT2D eigenvalue weighted by Gasteiger charge is 2.31. The lowest BCUT2D eigenvalue weighted by molar-refractivity contribution is -0.141. The van der Waals surface area contributed by atoms with Crippen LogP contribution in [0.1, 0.15) is 50.1 Å². The zero-order valence-corrected chi connectivity index (χ0v) is 15.0. The lowest BCUT2D eigenvalue weighted by Crippen LogP contribution is -2.46. The van der Waals surface area contributed by atoms with E-state index in [9.17, 15) is 9.59 Å². The van der Waals surface area contributed by atoms with Crippen LogP contribution in [0.25, 0.3) is 0 Å². The van der Waals surface area contributed by atoms with E-state index in [4.69, 9.17) is 4.74 Å². The number of likely N-dealkylation sites (tertiary alicyclic amines) is 1. The van der Waals surface area contributed by atoms with E-state index in [0.29, 0.717) is 37.3 Å². The molecule has 1 atom stereocenters. The Hall–Kier alpha value is -2.18. The predicted octanol–water partition coefficient (Wildman–Crippen LogP) is 1.50. The van der Waals surface area contributed by atoms with Gasteiger partial charge in [-0.05, 0) is 44.1 Å². The molecule has 1 aromatic rings. The van der Waals surface area contributed by atoms with Gasteiger partial charge in [-0.1, -0.05) is 0 Å². The van der Waals surface area contributed by atoms with Crippen molar-refractivity contribution in [1.82, 2.24) is 20.4 Å². The van der Waals surface area contributed by atoms with E-state index in [1.807, 2.05) is 17.0 Å². The summed E-state index contributed by atoms with van der Waals surface area (Å²) in [6.45, 7) is 2.72. The molecule has 2 amide bonds. The van der Waals surface area contributed by atoms with Crippen molar-refractivity contribution in [3.63, 3.8) is 0 Å². The molecule has 1 aromatic heterocycles. The standard InChI is InChI=1S/C19H26N4O3/c24-17-11-15(5-8-20-17)19(25)23-9-6-13(7-10-23)12-26-18-4-3-16(21-22-18)14-1-2-14/h3-4,13-15H,1-2,5-12H2,(H,20,24). The number of piperidine rings is 2. The van der Waals surface area contributed by atoms with Gasteiger partial charge >= 0.3 is 0 Å². The predicted molar refractivity (Wildman–Crippen MR) is 94.5 cm³/mol. The molecule has 3 aliphatic rings. The SMILES string of the molecule is O=C1CC(C(=O)N2CCC(COc3ccc(C4CC4)nn3)CC2)CCN1.